The molecule has 1 aliphatic carbocycles. The molecule has 1 saturated heterocycles. The molecule has 0 N–H and O–H groups in total. The van der Waals surface area contributed by atoms with Crippen LogP contribution < -0.4 is 9.64 Å². The molecule has 4 aromatic rings. The standard InChI is InChI=1S/C33H29NO3/c1-22(2)29-27-16-10-11-17-28(27)33(30(29)35)32(23-12-6-4-7-13-23,24-14-8-5-9-15-24)31(36)34(33)25-18-20-26(37-3)21-19-25/h4-22,29H,1-3H3/t29-,33+/m0/s1. The number of ether oxygens (including phenoxy) is 1. The number of carbonyl (C=O) groups is 2. The van der Waals surface area contributed by atoms with Crippen LogP contribution in [0.1, 0.15) is 42.0 Å². The number of β-lactam (4-membered cyclic amide) rings is 1. The summed E-state index contributed by atoms with van der Waals surface area (Å²) in [6.07, 6.45) is 0. The second kappa shape index (κ2) is 8.45. The van der Waals surface area contributed by atoms with Gasteiger partial charge in [-0.25, -0.2) is 0 Å². The SMILES string of the molecule is COc1ccc(N2C(=O)C(c3ccccc3)(c3ccccc3)[C@@]23C(=O)[C@@H](C(C)C)c2ccccc23)cc1. The Labute approximate surface area is 217 Å². The maximum absolute atomic E-state index is 15.0. The number of nitrogens with zero attached hydrogens (tertiary/aromatic N) is 1. The van der Waals surface area contributed by atoms with Crippen LogP contribution in [-0.2, 0) is 20.5 Å². The predicted octanol–water partition coefficient (Wildman–Crippen LogP) is 6.25. The number of ketones is 1. The van der Waals surface area contributed by atoms with Gasteiger partial charge in [0.2, 0.25) is 5.91 Å². The number of Topliss-reactive ketones (excluding diaryl/α,β-unsaturated/α-hetero) is 1. The highest BCUT2D eigenvalue weighted by atomic mass is 16.5. The highest BCUT2D eigenvalue weighted by molar-refractivity contribution is 6.26. The van der Waals surface area contributed by atoms with Crippen LogP contribution in [0.15, 0.2) is 109 Å². The Morgan fingerprint density at radius 3 is 1.81 bits per heavy atom. The predicted molar refractivity (Wildman–Crippen MR) is 145 cm³/mol. The number of hydrogen-bond acceptors (Lipinski definition) is 3. The van der Waals surface area contributed by atoms with Crippen molar-refractivity contribution in [3.05, 3.63) is 131 Å². The molecule has 184 valence electrons. The first kappa shape index (κ1) is 23.2. The Hall–Kier alpha value is -4.18. The third-order valence-electron chi connectivity index (χ3n) is 8.14. The summed E-state index contributed by atoms with van der Waals surface area (Å²) in [7, 11) is 1.62. The minimum Gasteiger partial charge on any atom is -0.497 e. The van der Waals surface area contributed by atoms with E-state index in [2.05, 4.69) is 19.9 Å². The number of carbonyl (C=O) groups excluding carboxylic acids is 2. The first-order valence-corrected chi connectivity index (χ1v) is 12.7. The number of fused-ring (bicyclic) bond motifs is 2. The molecule has 4 nitrogen and oxygen atoms in total. The topological polar surface area (TPSA) is 46.6 Å². The van der Waals surface area contributed by atoms with Crippen molar-refractivity contribution in [2.24, 2.45) is 5.92 Å². The number of methoxy groups -OCH3 is 1. The molecule has 0 saturated carbocycles. The van der Waals surface area contributed by atoms with Crippen molar-refractivity contribution in [1.29, 1.82) is 0 Å². The van der Waals surface area contributed by atoms with Crippen molar-refractivity contribution < 1.29 is 14.3 Å². The van der Waals surface area contributed by atoms with Crippen LogP contribution in [0.4, 0.5) is 5.69 Å². The van der Waals surface area contributed by atoms with Gasteiger partial charge in [-0.1, -0.05) is 98.8 Å². The molecule has 2 aliphatic rings. The van der Waals surface area contributed by atoms with Crippen molar-refractivity contribution in [2.45, 2.75) is 30.7 Å². The lowest BCUT2D eigenvalue weighted by Crippen LogP contribution is -2.81. The molecule has 37 heavy (non-hydrogen) atoms. The third kappa shape index (κ3) is 2.84. The van der Waals surface area contributed by atoms with E-state index in [0.717, 1.165) is 22.3 Å². The van der Waals surface area contributed by atoms with Gasteiger partial charge in [-0.15, -0.1) is 0 Å². The number of rotatable bonds is 5. The van der Waals surface area contributed by atoms with Crippen LogP contribution in [0.3, 0.4) is 0 Å². The van der Waals surface area contributed by atoms with Gasteiger partial charge >= 0.3 is 0 Å². The molecular weight excluding hydrogens is 458 g/mol. The average molecular weight is 488 g/mol. The lowest BCUT2D eigenvalue weighted by Gasteiger charge is -2.63. The summed E-state index contributed by atoms with van der Waals surface area (Å²) < 4.78 is 5.38. The molecule has 1 amide bonds. The Morgan fingerprint density at radius 2 is 1.27 bits per heavy atom. The van der Waals surface area contributed by atoms with E-state index >= 15 is 4.79 Å². The number of anilines is 1. The van der Waals surface area contributed by atoms with E-state index in [4.69, 9.17) is 4.74 Å². The summed E-state index contributed by atoms with van der Waals surface area (Å²) >= 11 is 0. The Morgan fingerprint density at radius 1 is 0.730 bits per heavy atom. The van der Waals surface area contributed by atoms with E-state index in [0.29, 0.717) is 11.4 Å². The van der Waals surface area contributed by atoms with Gasteiger partial charge in [0, 0.05) is 11.6 Å². The molecular formula is C33H29NO3. The zero-order chi connectivity index (χ0) is 25.8. The van der Waals surface area contributed by atoms with E-state index in [1.165, 1.54) is 0 Å². The number of hydrogen-bond donors (Lipinski definition) is 0. The quantitative estimate of drug-likeness (QED) is 0.313. The first-order chi connectivity index (χ1) is 18.0. The highest BCUT2D eigenvalue weighted by Gasteiger charge is 2.80. The van der Waals surface area contributed by atoms with Crippen LogP contribution >= 0.6 is 0 Å². The summed E-state index contributed by atoms with van der Waals surface area (Å²) in [6, 6.07) is 35.1. The monoisotopic (exact) mass is 487 g/mol. The van der Waals surface area contributed by atoms with E-state index in [1.54, 1.807) is 12.0 Å². The van der Waals surface area contributed by atoms with Crippen LogP contribution in [0.2, 0.25) is 0 Å². The maximum Gasteiger partial charge on any atom is 0.246 e. The summed E-state index contributed by atoms with van der Waals surface area (Å²) in [4.78, 5) is 31.5. The van der Waals surface area contributed by atoms with E-state index in [-0.39, 0.29) is 23.5 Å². The number of amides is 1. The molecule has 0 unspecified atom stereocenters. The molecule has 0 radical (unpaired) electrons. The van der Waals surface area contributed by atoms with Crippen LogP contribution in [0.5, 0.6) is 5.75 Å². The fraction of sp³-hybridized carbons (Fsp3) is 0.212. The lowest BCUT2D eigenvalue weighted by molar-refractivity contribution is -0.147. The molecule has 1 aliphatic heterocycles. The molecule has 0 aromatic heterocycles. The van der Waals surface area contributed by atoms with Gasteiger partial charge < -0.3 is 4.74 Å². The smallest absolute Gasteiger partial charge is 0.246 e. The van der Waals surface area contributed by atoms with Gasteiger partial charge in [0.05, 0.1) is 7.11 Å². The lowest BCUT2D eigenvalue weighted by atomic mass is 9.50. The van der Waals surface area contributed by atoms with Gasteiger partial charge in [0.15, 0.2) is 11.3 Å². The maximum atomic E-state index is 15.0. The number of benzene rings is 4. The van der Waals surface area contributed by atoms with Crippen molar-refractivity contribution in [1.82, 2.24) is 0 Å². The molecule has 4 aromatic carbocycles. The van der Waals surface area contributed by atoms with E-state index < -0.39 is 11.0 Å². The van der Waals surface area contributed by atoms with Crippen molar-refractivity contribution in [3.8, 4) is 5.75 Å². The molecule has 1 heterocycles. The minimum atomic E-state index is -1.23. The average Bonchev–Trinajstić information content (AvgIpc) is 3.21. The highest BCUT2D eigenvalue weighted by Crippen LogP contribution is 2.67. The van der Waals surface area contributed by atoms with Crippen molar-refractivity contribution in [2.75, 3.05) is 12.0 Å². The Kier molecular flexibility index (Phi) is 5.30. The van der Waals surface area contributed by atoms with Crippen LogP contribution in [0, 0.1) is 5.92 Å². The fourth-order valence-corrected chi connectivity index (χ4v) is 6.72. The molecule has 4 heteroatoms. The van der Waals surface area contributed by atoms with Crippen molar-refractivity contribution >= 4 is 17.4 Å². The van der Waals surface area contributed by atoms with Crippen LogP contribution in [-0.4, -0.2) is 18.8 Å². The first-order valence-electron chi connectivity index (χ1n) is 12.7. The molecule has 2 atom stereocenters. The van der Waals surface area contributed by atoms with Gasteiger partial charge in [0.25, 0.3) is 0 Å². The zero-order valence-corrected chi connectivity index (χ0v) is 21.2. The summed E-state index contributed by atoms with van der Waals surface area (Å²) in [6.45, 7) is 4.17. The molecule has 6 rings (SSSR count). The zero-order valence-electron chi connectivity index (χ0n) is 21.2. The van der Waals surface area contributed by atoms with E-state index in [1.807, 2.05) is 103 Å². The summed E-state index contributed by atoms with van der Waals surface area (Å²) in [5.74, 6) is 0.401. The van der Waals surface area contributed by atoms with Crippen molar-refractivity contribution in [3.63, 3.8) is 0 Å². The normalized spacial score (nSPS) is 21.7. The molecule has 1 fully saturated rings. The van der Waals surface area contributed by atoms with Gasteiger partial charge in [-0.3, -0.25) is 14.5 Å². The van der Waals surface area contributed by atoms with Crippen LogP contribution in [0.25, 0.3) is 0 Å². The molecule has 1 spiro atoms. The second-order valence-electron chi connectivity index (χ2n) is 10.2. The summed E-state index contributed by atoms with van der Waals surface area (Å²) in [5, 5.41) is 0. The largest absolute Gasteiger partial charge is 0.497 e. The third-order valence-corrected chi connectivity index (χ3v) is 8.14. The van der Waals surface area contributed by atoms with E-state index in [9.17, 15) is 4.79 Å². The van der Waals surface area contributed by atoms with Gasteiger partial charge in [0.1, 0.15) is 11.2 Å². The van der Waals surface area contributed by atoms with Gasteiger partial charge in [-0.05, 0) is 52.4 Å². The second-order valence-corrected chi connectivity index (χ2v) is 10.2. The Bertz CT molecular complexity index is 1440. The summed E-state index contributed by atoms with van der Waals surface area (Å²) in [5.41, 5.74) is 1.80. The minimum absolute atomic E-state index is 0.0619. The van der Waals surface area contributed by atoms with Gasteiger partial charge in [-0.2, -0.15) is 0 Å². The Balaban J connectivity index is 1.74. The fourth-order valence-electron chi connectivity index (χ4n) is 6.72. The molecule has 0 bridgehead atoms.